The summed E-state index contributed by atoms with van der Waals surface area (Å²) in [7, 11) is 0. The molecule has 1 aromatic rings. The van der Waals surface area contributed by atoms with E-state index in [-0.39, 0.29) is 37.9 Å². The summed E-state index contributed by atoms with van der Waals surface area (Å²) in [6, 6.07) is 0.476. The molecule has 0 aliphatic carbocycles. The molecule has 2 rings (SSSR count). The average Bonchev–Trinajstić information content (AvgIpc) is 2.39. The van der Waals surface area contributed by atoms with E-state index in [1.54, 1.807) is 0 Å². The van der Waals surface area contributed by atoms with Gasteiger partial charge in [-0.3, -0.25) is 4.90 Å². The van der Waals surface area contributed by atoms with Crippen molar-refractivity contribution in [3.05, 3.63) is 34.3 Å². The minimum Gasteiger partial charge on any atom is -0.314 e. The highest BCUT2D eigenvalue weighted by Gasteiger charge is 2.47. The number of alkyl halides is 6. The molecule has 24 heavy (non-hydrogen) atoms. The fraction of sp³-hybridized carbons (Fsp3) is 0.538. The minimum atomic E-state index is -4.80. The largest absolute Gasteiger partial charge is 0.417 e. The van der Waals surface area contributed by atoms with E-state index < -0.39 is 34.5 Å². The zero-order chi connectivity index (χ0) is 16.5. The van der Waals surface area contributed by atoms with Gasteiger partial charge in [0.05, 0.1) is 10.6 Å². The second-order valence-electron chi connectivity index (χ2n) is 4.94. The monoisotopic (exact) mass is 418 g/mol. The zero-order valence-electron chi connectivity index (χ0n) is 12.0. The van der Waals surface area contributed by atoms with Crippen molar-refractivity contribution in [2.45, 2.75) is 18.4 Å². The first-order chi connectivity index (χ1) is 10.1. The lowest BCUT2D eigenvalue weighted by atomic mass is 10.0. The fourth-order valence-electron chi connectivity index (χ4n) is 2.50. The maximum Gasteiger partial charge on any atom is 0.417 e. The number of piperazine rings is 1. The molecule has 2 nitrogen and oxygen atoms in total. The lowest BCUT2D eigenvalue weighted by molar-refractivity contribution is -0.188. The Kier molecular flexibility index (Phi) is 8.65. The standard InChI is InChI=1S/C13H13ClF6N2.2ClH/c14-10-8(2-1-3-9(10)12(15,16)17)11(13(18,19)20)22-6-4-21-5-7-22;;/h1-3,11,21H,4-7H2;2*1H/t11-;;/m1../s1. The quantitative estimate of drug-likeness (QED) is 0.699. The molecule has 1 aromatic carbocycles. The summed E-state index contributed by atoms with van der Waals surface area (Å²) in [5, 5.41) is 2.01. The van der Waals surface area contributed by atoms with Gasteiger partial charge in [0.1, 0.15) is 6.04 Å². The summed E-state index contributed by atoms with van der Waals surface area (Å²) in [6.45, 7) is 0.833. The van der Waals surface area contributed by atoms with Crippen LogP contribution in [-0.4, -0.2) is 37.3 Å². The van der Waals surface area contributed by atoms with E-state index in [0.717, 1.165) is 17.0 Å². The van der Waals surface area contributed by atoms with Gasteiger partial charge in [-0.2, -0.15) is 26.3 Å². The van der Waals surface area contributed by atoms with Crippen LogP contribution in [0.15, 0.2) is 18.2 Å². The molecule has 0 unspecified atom stereocenters. The molecule has 0 aromatic heterocycles. The molecule has 0 amide bonds. The highest BCUT2D eigenvalue weighted by Crippen LogP contribution is 2.44. The van der Waals surface area contributed by atoms with Gasteiger partial charge >= 0.3 is 12.4 Å². The van der Waals surface area contributed by atoms with Crippen molar-refractivity contribution in [2.75, 3.05) is 26.2 Å². The first-order valence-corrected chi connectivity index (χ1v) is 6.87. The van der Waals surface area contributed by atoms with Crippen molar-refractivity contribution < 1.29 is 26.3 Å². The molecule has 140 valence electrons. The summed E-state index contributed by atoms with van der Waals surface area (Å²) >= 11 is 5.65. The molecule has 1 heterocycles. The molecule has 1 atom stereocenters. The van der Waals surface area contributed by atoms with E-state index >= 15 is 0 Å². The Morgan fingerprint density at radius 1 is 1.00 bits per heavy atom. The van der Waals surface area contributed by atoms with Crippen molar-refractivity contribution in [3.63, 3.8) is 0 Å². The Morgan fingerprint density at radius 3 is 2.00 bits per heavy atom. The second-order valence-corrected chi connectivity index (χ2v) is 5.31. The Morgan fingerprint density at radius 2 is 1.54 bits per heavy atom. The molecule has 11 heteroatoms. The zero-order valence-corrected chi connectivity index (χ0v) is 14.4. The summed E-state index contributed by atoms with van der Waals surface area (Å²) in [6.07, 6.45) is -9.52. The van der Waals surface area contributed by atoms with Gasteiger partial charge in [-0.1, -0.05) is 23.7 Å². The van der Waals surface area contributed by atoms with Gasteiger partial charge in [0.15, 0.2) is 0 Å². The normalized spacial score (nSPS) is 17.6. The van der Waals surface area contributed by atoms with Gasteiger partial charge in [-0.25, -0.2) is 0 Å². The van der Waals surface area contributed by atoms with Crippen LogP contribution < -0.4 is 5.32 Å². The minimum absolute atomic E-state index is 0. The lowest BCUT2D eigenvalue weighted by Crippen LogP contribution is -2.49. The smallest absolute Gasteiger partial charge is 0.314 e. The number of rotatable bonds is 2. The van der Waals surface area contributed by atoms with Crippen molar-refractivity contribution in [1.29, 1.82) is 0 Å². The average molecular weight is 420 g/mol. The third kappa shape index (κ3) is 5.29. The van der Waals surface area contributed by atoms with Crippen molar-refractivity contribution in [3.8, 4) is 0 Å². The highest BCUT2D eigenvalue weighted by atomic mass is 35.5. The molecule has 0 spiro atoms. The summed E-state index contributed by atoms with van der Waals surface area (Å²) in [5.41, 5.74) is -1.82. The number of nitrogens with one attached hydrogen (secondary N) is 1. The van der Waals surface area contributed by atoms with Crippen LogP contribution in [0.5, 0.6) is 0 Å². The maximum absolute atomic E-state index is 13.4. The van der Waals surface area contributed by atoms with Crippen LogP contribution in [0.3, 0.4) is 0 Å². The first kappa shape index (κ1) is 23.6. The van der Waals surface area contributed by atoms with Gasteiger partial charge in [0.2, 0.25) is 0 Å². The van der Waals surface area contributed by atoms with Crippen LogP contribution in [0.1, 0.15) is 17.2 Å². The van der Waals surface area contributed by atoms with Crippen molar-refractivity contribution >= 4 is 36.4 Å². The Labute approximate surface area is 152 Å². The van der Waals surface area contributed by atoms with E-state index in [1.807, 2.05) is 0 Å². The Balaban J connectivity index is 0.00000264. The van der Waals surface area contributed by atoms with Crippen molar-refractivity contribution in [1.82, 2.24) is 10.2 Å². The van der Waals surface area contributed by atoms with E-state index in [1.165, 1.54) is 0 Å². The number of benzene rings is 1. The molecule has 1 aliphatic rings. The first-order valence-electron chi connectivity index (χ1n) is 6.49. The van der Waals surface area contributed by atoms with E-state index in [4.69, 9.17) is 11.6 Å². The molecule has 0 radical (unpaired) electrons. The number of hydrogen-bond acceptors (Lipinski definition) is 2. The number of hydrogen-bond donors (Lipinski definition) is 1. The van der Waals surface area contributed by atoms with Crippen LogP contribution in [0.2, 0.25) is 5.02 Å². The van der Waals surface area contributed by atoms with Gasteiger partial charge in [-0.15, -0.1) is 24.8 Å². The van der Waals surface area contributed by atoms with Gasteiger partial charge < -0.3 is 5.32 Å². The molecule has 1 aliphatic heterocycles. The second kappa shape index (κ2) is 8.80. The summed E-state index contributed by atoms with van der Waals surface area (Å²) in [5.74, 6) is 0. The Hall–Kier alpha value is -0.410. The Bertz CT molecular complexity index is 529. The van der Waals surface area contributed by atoms with E-state index in [9.17, 15) is 26.3 Å². The number of halogens is 9. The molecular formula is C13H15Cl3F6N2. The molecule has 1 N–H and O–H groups in total. The topological polar surface area (TPSA) is 15.3 Å². The maximum atomic E-state index is 13.4. The van der Waals surface area contributed by atoms with Crippen LogP contribution in [0.25, 0.3) is 0 Å². The van der Waals surface area contributed by atoms with Crippen LogP contribution in [0.4, 0.5) is 26.3 Å². The molecule has 1 saturated heterocycles. The number of nitrogens with zero attached hydrogens (tertiary/aromatic N) is 1. The highest BCUT2D eigenvalue weighted by molar-refractivity contribution is 6.32. The fourth-order valence-corrected chi connectivity index (χ4v) is 2.84. The summed E-state index contributed by atoms with van der Waals surface area (Å²) in [4.78, 5) is 1.10. The predicted molar refractivity (Wildman–Crippen MR) is 84.2 cm³/mol. The predicted octanol–water partition coefficient (Wildman–Crippen LogP) is 4.71. The van der Waals surface area contributed by atoms with Gasteiger partial charge in [-0.05, 0) is 11.6 Å². The molecule has 1 fully saturated rings. The van der Waals surface area contributed by atoms with Crippen LogP contribution in [-0.2, 0) is 6.18 Å². The molecule has 0 saturated carbocycles. The van der Waals surface area contributed by atoms with Crippen LogP contribution in [0, 0.1) is 0 Å². The third-order valence-corrected chi connectivity index (χ3v) is 3.88. The molecule has 0 bridgehead atoms. The van der Waals surface area contributed by atoms with Crippen LogP contribution >= 0.6 is 36.4 Å². The van der Waals surface area contributed by atoms with E-state index in [0.29, 0.717) is 19.2 Å². The summed E-state index contributed by atoms with van der Waals surface area (Å²) < 4.78 is 78.7. The SMILES string of the molecule is Cl.Cl.FC(F)(F)c1cccc([C@@H](N2CCNCC2)C(F)(F)F)c1Cl. The van der Waals surface area contributed by atoms with Gasteiger partial charge in [0, 0.05) is 26.2 Å². The lowest BCUT2D eigenvalue weighted by Gasteiger charge is -2.36. The molecular weight excluding hydrogens is 405 g/mol. The van der Waals surface area contributed by atoms with Gasteiger partial charge in [0.25, 0.3) is 0 Å². The third-order valence-electron chi connectivity index (χ3n) is 3.46. The van der Waals surface area contributed by atoms with E-state index in [2.05, 4.69) is 5.32 Å². The van der Waals surface area contributed by atoms with Crippen molar-refractivity contribution in [2.24, 2.45) is 0 Å².